The van der Waals surface area contributed by atoms with Crippen LogP contribution in [0.1, 0.15) is 46.4 Å². The predicted octanol–water partition coefficient (Wildman–Crippen LogP) is 1.79. The van der Waals surface area contributed by atoms with Crippen molar-refractivity contribution in [3.8, 4) is 6.07 Å². The number of ether oxygens (including phenoxy) is 5. The van der Waals surface area contributed by atoms with Crippen LogP contribution in [0.5, 0.6) is 0 Å². The summed E-state index contributed by atoms with van der Waals surface area (Å²) in [4.78, 5) is 48.2. The largest absolute Gasteiger partial charge is 0.468 e. The molecule has 0 saturated heterocycles. The fraction of sp³-hybridized carbons (Fsp3) is 0.607. The second-order valence-corrected chi connectivity index (χ2v) is 10.5. The van der Waals surface area contributed by atoms with E-state index in [1.54, 1.807) is 72.1 Å². The van der Waals surface area contributed by atoms with Crippen LogP contribution in [-0.4, -0.2) is 103 Å². The summed E-state index contributed by atoms with van der Waals surface area (Å²) in [7, 11) is 6.12. The van der Waals surface area contributed by atoms with Gasteiger partial charge < -0.3 is 28.6 Å². The van der Waals surface area contributed by atoms with Gasteiger partial charge in [-0.25, -0.2) is 14.5 Å². The molecule has 2 heterocycles. The van der Waals surface area contributed by atoms with Crippen molar-refractivity contribution in [3.63, 3.8) is 0 Å². The topological polar surface area (TPSA) is 179 Å². The van der Waals surface area contributed by atoms with Gasteiger partial charge in [-0.15, -0.1) is 0 Å². The molecule has 0 unspecified atom stereocenters. The van der Waals surface area contributed by atoms with E-state index in [-0.39, 0.29) is 12.4 Å². The number of aromatic nitrogens is 3. The minimum atomic E-state index is -1.98. The summed E-state index contributed by atoms with van der Waals surface area (Å²) in [6.45, 7) is 7.49. The van der Waals surface area contributed by atoms with Gasteiger partial charge in [0, 0.05) is 21.2 Å². The molecule has 15 heteroatoms. The van der Waals surface area contributed by atoms with E-state index in [1.807, 2.05) is 0 Å². The summed E-state index contributed by atoms with van der Waals surface area (Å²) in [6, 6.07) is 4.65. The first kappa shape index (κ1) is 35.1. The molecule has 0 aliphatic carbocycles. The van der Waals surface area contributed by atoms with Crippen LogP contribution in [-0.2, 0) is 38.1 Å². The van der Waals surface area contributed by atoms with Crippen molar-refractivity contribution in [2.24, 2.45) is 16.8 Å². The number of carbonyl (C=O) groups excluding carboxylic acids is 3. The lowest BCUT2D eigenvalue weighted by atomic mass is 9.92. The molecule has 0 fully saturated rings. The molecule has 0 aromatic carbocycles. The number of hydrogen-bond donors (Lipinski definition) is 1. The van der Waals surface area contributed by atoms with Crippen LogP contribution < -0.4 is 5.32 Å². The number of fused-ring (bicyclic) bond motifs is 1. The average Bonchev–Trinajstić information content (AvgIpc) is 3.42. The molecular formula is C28H41N7O8. The summed E-state index contributed by atoms with van der Waals surface area (Å²) in [5.41, 5.74) is -1.25. The van der Waals surface area contributed by atoms with Gasteiger partial charge in [0.2, 0.25) is 5.60 Å². The van der Waals surface area contributed by atoms with Crippen molar-refractivity contribution in [2.45, 2.75) is 58.5 Å². The zero-order valence-electron chi connectivity index (χ0n) is 26.1. The fourth-order valence-electron chi connectivity index (χ4n) is 3.67. The van der Waals surface area contributed by atoms with E-state index in [9.17, 15) is 19.6 Å². The molecule has 0 amide bonds. The number of nitriles is 1. The van der Waals surface area contributed by atoms with Crippen molar-refractivity contribution in [1.29, 1.82) is 5.26 Å². The van der Waals surface area contributed by atoms with Crippen LogP contribution >= 0.6 is 0 Å². The quantitative estimate of drug-likeness (QED) is 0.0734. The Morgan fingerprint density at radius 2 is 1.74 bits per heavy atom. The lowest BCUT2D eigenvalue weighted by Gasteiger charge is -2.37. The minimum Gasteiger partial charge on any atom is -0.468 e. The highest BCUT2D eigenvalue weighted by molar-refractivity contribution is 5.75. The number of carbonyl (C=O) groups is 3. The zero-order valence-corrected chi connectivity index (χ0v) is 26.1. The normalized spacial score (nSPS) is 15.1. The Morgan fingerprint density at radius 1 is 1.09 bits per heavy atom. The molecule has 0 aliphatic rings. The van der Waals surface area contributed by atoms with Gasteiger partial charge in [0.15, 0.2) is 18.0 Å². The molecule has 15 nitrogen and oxygen atoms in total. The first-order chi connectivity index (χ1) is 20.3. The van der Waals surface area contributed by atoms with Gasteiger partial charge in [0.05, 0.1) is 44.3 Å². The lowest BCUT2D eigenvalue weighted by Crippen LogP contribution is -2.54. The van der Waals surface area contributed by atoms with Gasteiger partial charge in [-0.2, -0.15) is 10.4 Å². The Hall–Kier alpha value is -4.13. The fourth-order valence-corrected chi connectivity index (χ4v) is 3.67. The number of nitrogens with one attached hydrogen (secondary N) is 1. The molecular weight excluding hydrogens is 562 g/mol. The van der Waals surface area contributed by atoms with Crippen LogP contribution in [0.3, 0.4) is 0 Å². The van der Waals surface area contributed by atoms with Crippen LogP contribution in [0.4, 0.5) is 5.82 Å². The van der Waals surface area contributed by atoms with Gasteiger partial charge in [-0.3, -0.25) is 19.7 Å². The molecule has 0 radical (unpaired) electrons. The average molecular weight is 604 g/mol. The van der Waals surface area contributed by atoms with E-state index in [1.165, 1.54) is 25.1 Å². The number of esters is 3. The molecule has 236 valence electrons. The Bertz CT molecular complexity index is 1320. The molecule has 1 N–H and O–H groups in total. The smallest absolute Gasteiger partial charge is 0.322 e. The molecule has 2 aromatic heterocycles. The first-order valence-corrected chi connectivity index (χ1v) is 13.6. The summed E-state index contributed by atoms with van der Waals surface area (Å²) >= 11 is 0. The Labute approximate surface area is 251 Å². The van der Waals surface area contributed by atoms with Crippen molar-refractivity contribution >= 4 is 35.6 Å². The Morgan fingerprint density at radius 3 is 2.30 bits per heavy atom. The van der Waals surface area contributed by atoms with Crippen LogP contribution in [0, 0.1) is 23.2 Å². The van der Waals surface area contributed by atoms with Crippen molar-refractivity contribution < 1.29 is 38.1 Å². The third-order valence-corrected chi connectivity index (χ3v) is 6.24. The van der Waals surface area contributed by atoms with Gasteiger partial charge in [0.25, 0.3) is 0 Å². The molecule has 4 atom stereocenters. The lowest BCUT2D eigenvalue weighted by molar-refractivity contribution is -0.201. The standard InChI is InChI=1S/C28H41N7O8/c1-17(2)25(36)42-22(20-10-11-21-24(31-15-34(6)7)30-14-33-35(20)21)23(43-26(37)18(3)4)28(12-29,40-9)13-41-16-32-19(5)27(38)39-8/h10-11,14-15,17-19,22-23,32H,13,16H2,1-9H3/b31-15+/t19-,22-,23-,28+/m0/s1. The SMILES string of the molecule is COC(=O)[C@H](C)NCOC[C@@](C#N)(OC)[C@@H](OC(=O)C(C)C)[C@@H](OC(=O)C(C)C)c1ccc2c(/N=C/N(C)C)ncnn12. The summed E-state index contributed by atoms with van der Waals surface area (Å²) in [6.07, 6.45) is -0.0671. The first-order valence-electron chi connectivity index (χ1n) is 13.6. The molecule has 2 rings (SSSR count). The van der Waals surface area contributed by atoms with Gasteiger partial charge in [-0.1, -0.05) is 27.7 Å². The van der Waals surface area contributed by atoms with Gasteiger partial charge in [0.1, 0.15) is 24.0 Å². The number of aliphatic imine (C=N–C) groups is 1. The molecule has 2 aromatic rings. The maximum atomic E-state index is 13.0. The Balaban J connectivity index is 2.67. The zero-order chi connectivity index (χ0) is 32.3. The van der Waals surface area contributed by atoms with Crippen LogP contribution in [0.15, 0.2) is 23.5 Å². The van der Waals surface area contributed by atoms with E-state index in [0.29, 0.717) is 11.3 Å². The highest BCUT2D eigenvalue weighted by atomic mass is 16.6. The van der Waals surface area contributed by atoms with E-state index < -0.39 is 60.2 Å². The maximum Gasteiger partial charge on any atom is 0.322 e. The second kappa shape index (κ2) is 15.9. The number of hydrogen-bond acceptors (Lipinski definition) is 13. The molecule has 43 heavy (non-hydrogen) atoms. The third kappa shape index (κ3) is 8.93. The number of methoxy groups -OCH3 is 2. The maximum absolute atomic E-state index is 13.0. The van der Waals surface area contributed by atoms with Crippen LogP contribution in [0.2, 0.25) is 0 Å². The molecule has 0 saturated carbocycles. The van der Waals surface area contributed by atoms with E-state index >= 15 is 0 Å². The van der Waals surface area contributed by atoms with E-state index in [2.05, 4.69) is 26.5 Å². The van der Waals surface area contributed by atoms with Crippen molar-refractivity contribution in [2.75, 3.05) is 41.7 Å². The van der Waals surface area contributed by atoms with E-state index in [0.717, 1.165) is 0 Å². The summed E-state index contributed by atoms with van der Waals surface area (Å²) in [5.74, 6) is -2.64. The number of rotatable bonds is 16. The third-order valence-electron chi connectivity index (χ3n) is 6.24. The van der Waals surface area contributed by atoms with Crippen molar-refractivity contribution in [3.05, 3.63) is 24.2 Å². The van der Waals surface area contributed by atoms with E-state index in [4.69, 9.17) is 23.7 Å². The minimum absolute atomic E-state index is 0.182. The number of nitrogens with zero attached hydrogens (tertiary/aromatic N) is 6. The second-order valence-electron chi connectivity index (χ2n) is 10.5. The highest BCUT2D eigenvalue weighted by Crippen LogP contribution is 2.36. The van der Waals surface area contributed by atoms with Crippen molar-refractivity contribution in [1.82, 2.24) is 24.8 Å². The predicted molar refractivity (Wildman–Crippen MR) is 154 cm³/mol. The molecule has 0 spiro atoms. The summed E-state index contributed by atoms with van der Waals surface area (Å²) < 4.78 is 29.3. The van der Waals surface area contributed by atoms with Crippen LogP contribution in [0.25, 0.3) is 5.52 Å². The molecule has 0 bridgehead atoms. The van der Waals surface area contributed by atoms with Gasteiger partial charge >= 0.3 is 17.9 Å². The van der Waals surface area contributed by atoms with Gasteiger partial charge in [-0.05, 0) is 19.1 Å². The Kier molecular flexibility index (Phi) is 13.0. The summed E-state index contributed by atoms with van der Waals surface area (Å²) in [5, 5.41) is 17.6. The highest BCUT2D eigenvalue weighted by Gasteiger charge is 2.51. The monoisotopic (exact) mass is 603 g/mol. The molecule has 0 aliphatic heterocycles.